The molecule has 2 aromatic carbocycles. The van der Waals surface area contributed by atoms with Crippen molar-refractivity contribution in [2.75, 3.05) is 11.1 Å². The van der Waals surface area contributed by atoms with Gasteiger partial charge in [0.25, 0.3) is 0 Å². The fourth-order valence-electron chi connectivity index (χ4n) is 2.25. The summed E-state index contributed by atoms with van der Waals surface area (Å²) in [5, 5.41) is 13.2. The van der Waals surface area contributed by atoms with Crippen molar-refractivity contribution in [3.8, 4) is 6.07 Å². The highest BCUT2D eigenvalue weighted by atomic mass is 14.9. The molecular weight excluding hydrogens is 260 g/mol. The lowest BCUT2D eigenvalue weighted by atomic mass is 10.1. The van der Waals surface area contributed by atoms with Crippen LogP contribution < -0.4 is 11.1 Å². The summed E-state index contributed by atoms with van der Waals surface area (Å²) >= 11 is 0. The van der Waals surface area contributed by atoms with E-state index in [1.165, 1.54) is 0 Å². The normalized spacial score (nSPS) is 10.2. The van der Waals surface area contributed by atoms with Gasteiger partial charge in [0.15, 0.2) is 0 Å². The maximum Gasteiger partial charge on any atom is 0.0991 e. The van der Waals surface area contributed by atoms with E-state index in [0.717, 1.165) is 22.2 Å². The van der Waals surface area contributed by atoms with E-state index in [1.54, 1.807) is 6.20 Å². The third kappa shape index (κ3) is 2.63. The first-order chi connectivity index (χ1) is 10.3. The van der Waals surface area contributed by atoms with E-state index in [1.807, 2.05) is 48.5 Å². The lowest BCUT2D eigenvalue weighted by Crippen LogP contribution is -2.01. The number of nitrogens with one attached hydrogen (secondary N) is 1. The molecule has 0 atom stereocenters. The van der Waals surface area contributed by atoms with Gasteiger partial charge in [0.05, 0.1) is 22.8 Å². The number of anilines is 2. The van der Waals surface area contributed by atoms with Crippen LogP contribution in [0.3, 0.4) is 0 Å². The van der Waals surface area contributed by atoms with Crippen LogP contribution in [0.15, 0.2) is 54.7 Å². The number of pyridine rings is 1. The molecule has 0 fully saturated rings. The van der Waals surface area contributed by atoms with Gasteiger partial charge in [0.2, 0.25) is 0 Å². The van der Waals surface area contributed by atoms with Gasteiger partial charge in [-0.15, -0.1) is 0 Å². The number of fused-ring (bicyclic) bond motifs is 1. The Morgan fingerprint density at radius 2 is 1.90 bits per heavy atom. The number of hydrogen-bond acceptors (Lipinski definition) is 4. The van der Waals surface area contributed by atoms with Crippen molar-refractivity contribution in [2.45, 2.75) is 6.54 Å². The van der Waals surface area contributed by atoms with E-state index in [4.69, 9.17) is 11.0 Å². The van der Waals surface area contributed by atoms with Gasteiger partial charge in [-0.3, -0.25) is 4.98 Å². The van der Waals surface area contributed by atoms with E-state index in [0.29, 0.717) is 17.8 Å². The van der Waals surface area contributed by atoms with Crippen molar-refractivity contribution in [3.63, 3.8) is 0 Å². The summed E-state index contributed by atoms with van der Waals surface area (Å²) in [7, 11) is 0. The topological polar surface area (TPSA) is 74.7 Å². The summed E-state index contributed by atoms with van der Waals surface area (Å²) in [6.07, 6.45) is 1.75. The van der Waals surface area contributed by atoms with Crippen LogP contribution in [0.4, 0.5) is 11.4 Å². The second kappa shape index (κ2) is 5.51. The molecule has 4 nitrogen and oxygen atoms in total. The minimum atomic E-state index is 0.667. The molecule has 0 spiro atoms. The highest BCUT2D eigenvalue weighted by Gasteiger charge is 2.04. The molecule has 4 heteroatoms. The Hall–Kier alpha value is -3.06. The molecule has 0 saturated carbocycles. The van der Waals surface area contributed by atoms with Crippen LogP contribution in [-0.2, 0) is 6.54 Å². The monoisotopic (exact) mass is 274 g/mol. The zero-order valence-electron chi connectivity index (χ0n) is 11.4. The molecule has 1 heterocycles. The lowest BCUT2D eigenvalue weighted by molar-refractivity contribution is 1.15. The second-order valence-corrected chi connectivity index (χ2v) is 4.76. The molecule has 21 heavy (non-hydrogen) atoms. The summed E-state index contributed by atoms with van der Waals surface area (Å²) < 4.78 is 0. The predicted octanol–water partition coefficient (Wildman–Crippen LogP) is 3.30. The molecule has 0 amide bonds. The van der Waals surface area contributed by atoms with Crippen molar-refractivity contribution >= 4 is 22.3 Å². The first kappa shape index (κ1) is 12.9. The maximum absolute atomic E-state index is 8.80. The lowest BCUT2D eigenvalue weighted by Gasteiger charge is -2.10. The molecule has 0 aliphatic rings. The van der Waals surface area contributed by atoms with E-state index in [9.17, 15) is 0 Å². The van der Waals surface area contributed by atoms with Crippen molar-refractivity contribution in [1.82, 2.24) is 4.98 Å². The molecular formula is C17H14N4. The van der Waals surface area contributed by atoms with Crippen LogP contribution in [0.5, 0.6) is 0 Å². The number of rotatable bonds is 3. The molecule has 0 bridgehead atoms. The molecule has 0 aliphatic heterocycles. The van der Waals surface area contributed by atoms with Crippen LogP contribution >= 0.6 is 0 Å². The fraction of sp³-hybridized carbons (Fsp3) is 0.0588. The number of nitrogens with two attached hydrogens (primary N) is 1. The third-order valence-corrected chi connectivity index (χ3v) is 3.37. The zero-order valence-corrected chi connectivity index (χ0v) is 11.4. The molecule has 0 unspecified atom stereocenters. The van der Waals surface area contributed by atoms with E-state index in [2.05, 4.69) is 16.4 Å². The quantitative estimate of drug-likeness (QED) is 0.718. The SMILES string of the molecule is N#Cc1ccc(CNc2ccnc3c(N)cccc23)cc1. The molecule has 0 radical (unpaired) electrons. The number of aromatic nitrogens is 1. The number of para-hydroxylation sites is 1. The van der Waals surface area contributed by atoms with Gasteiger partial charge in [0, 0.05) is 23.8 Å². The summed E-state index contributed by atoms with van der Waals surface area (Å²) in [6, 6.07) is 17.4. The van der Waals surface area contributed by atoms with E-state index < -0.39 is 0 Å². The van der Waals surface area contributed by atoms with Gasteiger partial charge < -0.3 is 11.1 Å². The van der Waals surface area contributed by atoms with Crippen molar-refractivity contribution < 1.29 is 0 Å². The van der Waals surface area contributed by atoms with Gasteiger partial charge in [-0.1, -0.05) is 24.3 Å². The smallest absolute Gasteiger partial charge is 0.0991 e. The van der Waals surface area contributed by atoms with Crippen LogP contribution in [0.25, 0.3) is 10.9 Å². The largest absolute Gasteiger partial charge is 0.397 e. The molecule has 0 saturated heterocycles. The van der Waals surface area contributed by atoms with Crippen LogP contribution in [0, 0.1) is 11.3 Å². The minimum absolute atomic E-state index is 0.667. The van der Waals surface area contributed by atoms with E-state index in [-0.39, 0.29) is 0 Å². The van der Waals surface area contributed by atoms with Gasteiger partial charge in [-0.2, -0.15) is 5.26 Å². The third-order valence-electron chi connectivity index (χ3n) is 3.37. The molecule has 3 aromatic rings. The highest BCUT2D eigenvalue weighted by molar-refractivity contribution is 5.97. The van der Waals surface area contributed by atoms with Crippen LogP contribution in [-0.4, -0.2) is 4.98 Å². The van der Waals surface area contributed by atoms with Gasteiger partial charge in [-0.25, -0.2) is 0 Å². The first-order valence-corrected chi connectivity index (χ1v) is 6.64. The van der Waals surface area contributed by atoms with Crippen molar-refractivity contribution in [3.05, 3.63) is 65.9 Å². The second-order valence-electron chi connectivity index (χ2n) is 4.76. The summed E-state index contributed by atoms with van der Waals surface area (Å²) in [5.41, 5.74) is 10.2. The molecule has 3 rings (SSSR count). The standard InChI is InChI=1S/C17H14N4/c18-10-12-4-6-13(7-5-12)11-21-16-8-9-20-17-14(16)2-1-3-15(17)19/h1-9H,11,19H2,(H,20,21). The Kier molecular flexibility index (Phi) is 3.40. The molecule has 1 aromatic heterocycles. The van der Waals surface area contributed by atoms with Gasteiger partial charge >= 0.3 is 0 Å². The Morgan fingerprint density at radius 3 is 2.67 bits per heavy atom. The number of nitrogens with zero attached hydrogens (tertiary/aromatic N) is 2. The predicted molar refractivity (Wildman–Crippen MR) is 84.6 cm³/mol. The summed E-state index contributed by atoms with van der Waals surface area (Å²) in [4.78, 5) is 4.32. The Bertz CT molecular complexity index is 816. The number of nitriles is 1. The van der Waals surface area contributed by atoms with Gasteiger partial charge in [-0.05, 0) is 29.8 Å². The van der Waals surface area contributed by atoms with Crippen molar-refractivity contribution in [1.29, 1.82) is 5.26 Å². The molecule has 3 N–H and O–H groups in total. The Labute approximate surface area is 122 Å². The fourth-order valence-corrected chi connectivity index (χ4v) is 2.25. The van der Waals surface area contributed by atoms with Gasteiger partial charge in [0.1, 0.15) is 0 Å². The zero-order chi connectivity index (χ0) is 14.7. The van der Waals surface area contributed by atoms with Crippen molar-refractivity contribution in [2.24, 2.45) is 0 Å². The molecule has 102 valence electrons. The maximum atomic E-state index is 8.80. The summed E-state index contributed by atoms with van der Waals surface area (Å²) in [5.74, 6) is 0. The number of nitrogen functional groups attached to an aromatic ring is 1. The van der Waals surface area contributed by atoms with Crippen LogP contribution in [0.1, 0.15) is 11.1 Å². The molecule has 0 aliphatic carbocycles. The number of hydrogen-bond donors (Lipinski definition) is 2. The first-order valence-electron chi connectivity index (χ1n) is 6.64. The summed E-state index contributed by atoms with van der Waals surface area (Å²) in [6.45, 7) is 0.680. The Morgan fingerprint density at radius 1 is 1.10 bits per heavy atom. The van der Waals surface area contributed by atoms with E-state index >= 15 is 0 Å². The average Bonchev–Trinajstić information content (AvgIpc) is 2.54. The number of benzene rings is 2. The highest BCUT2D eigenvalue weighted by Crippen LogP contribution is 2.25. The Balaban J connectivity index is 1.85. The minimum Gasteiger partial charge on any atom is -0.397 e. The van der Waals surface area contributed by atoms with Crippen LogP contribution in [0.2, 0.25) is 0 Å². The average molecular weight is 274 g/mol.